The summed E-state index contributed by atoms with van der Waals surface area (Å²) in [6.07, 6.45) is 15.1. The Kier molecular flexibility index (Phi) is 11.1. The fourth-order valence-corrected chi connectivity index (χ4v) is 11.2. The number of benzene rings is 1. The van der Waals surface area contributed by atoms with Crippen molar-refractivity contribution in [3.05, 3.63) is 101 Å². The number of pyridine rings is 2. The Morgan fingerprint density at radius 2 is 1.66 bits per heavy atom. The van der Waals surface area contributed by atoms with E-state index in [1.54, 1.807) is 34.7 Å². The van der Waals surface area contributed by atoms with Gasteiger partial charge in [0.2, 0.25) is 11.5 Å². The maximum absolute atomic E-state index is 15.8. The van der Waals surface area contributed by atoms with Gasteiger partial charge in [-0.1, -0.05) is 6.07 Å². The van der Waals surface area contributed by atoms with Crippen LogP contribution < -0.4 is 25.6 Å². The highest BCUT2D eigenvalue weighted by atomic mass is 19.1. The second kappa shape index (κ2) is 17.8. The van der Waals surface area contributed by atoms with Crippen molar-refractivity contribution in [2.24, 2.45) is 7.05 Å². The number of rotatable bonds is 9. The number of aryl methyl sites for hydroxylation is 1. The Hall–Kier alpha value is -7.54. The number of carbonyl (C=O) groups is 2. The number of urea groups is 1. The number of nitrogens with zero attached hydrogens (tertiary/aromatic N) is 14. The van der Waals surface area contributed by atoms with Crippen molar-refractivity contribution >= 4 is 45.7 Å². The zero-order chi connectivity index (χ0) is 47.6. The summed E-state index contributed by atoms with van der Waals surface area (Å²) in [6.45, 7) is 6.68. The first kappa shape index (κ1) is 43.7. The van der Waals surface area contributed by atoms with E-state index in [0.717, 1.165) is 80.9 Å². The zero-order valence-corrected chi connectivity index (χ0v) is 38.6. The summed E-state index contributed by atoms with van der Waals surface area (Å²) in [5, 5.41) is 26.9. The predicted molar refractivity (Wildman–Crippen MR) is 257 cm³/mol. The first-order chi connectivity index (χ1) is 34.1. The third-order valence-corrected chi connectivity index (χ3v) is 14.9. The first-order valence-corrected chi connectivity index (χ1v) is 24.0. The van der Waals surface area contributed by atoms with Gasteiger partial charge in [0.1, 0.15) is 28.8 Å². The van der Waals surface area contributed by atoms with Crippen molar-refractivity contribution in [2.75, 3.05) is 73.7 Å². The number of hydrogen-bond acceptors (Lipinski definition) is 14. The summed E-state index contributed by atoms with van der Waals surface area (Å²) in [7, 11) is 1.78. The molecular weight excluding hydrogens is 896 g/mol. The number of nitriles is 1. The minimum atomic E-state index is -0.550. The summed E-state index contributed by atoms with van der Waals surface area (Å²) in [4.78, 5) is 59.6. The van der Waals surface area contributed by atoms with E-state index >= 15 is 4.39 Å². The number of piperazine rings is 2. The largest absolute Gasteiger partial charge is 0.378 e. The van der Waals surface area contributed by atoms with Crippen molar-refractivity contribution in [2.45, 2.75) is 62.8 Å². The lowest BCUT2D eigenvalue weighted by atomic mass is 9.90. The molecule has 20 nitrogen and oxygen atoms in total. The van der Waals surface area contributed by atoms with Crippen LogP contribution in [0.15, 0.2) is 78.4 Å². The van der Waals surface area contributed by atoms with Gasteiger partial charge in [-0.2, -0.15) is 20.6 Å². The fraction of sp³-hybridized carbons (Fsp3) is 0.408. The molecule has 2 atom stereocenters. The van der Waals surface area contributed by atoms with Gasteiger partial charge in [0.05, 0.1) is 72.5 Å². The average Bonchev–Trinajstić information content (AvgIpc) is 4.12. The molecule has 2 N–H and O–H groups in total. The molecule has 70 heavy (non-hydrogen) atoms. The highest BCUT2D eigenvalue weighted by Crippen LogP contribution is 2.37. The van der Waals surface area contributed by atoms with Crippen LogP contribution >= 0.6 is 0 Å². The molecular formula is C49H51FN16O4. The van der Waals surface area contributed by atoms with E-state index in [4.69, 9.17) is 19.8 Å². The molecule has 2 bridgehead atoms. The molecule has 6 aromatic heterocycles. The molecule has 0 radical (unpaired) electrons. The van der Waals surface area contributed by atoms with Crippen molar-refractivity contribution < 1.29 is 18.7 Å². The summed E-state index contributed by atoms with van der Waals surface area (Å²) >= 11 is 0. The van der Waals surface area contributed by atoms with E-state index in [2.05, 4.69) is 57.0 Å². The van der Waals surface area contributed by atoms with Crippen molar-refractivity contribution in [3.8, 4) is 28.6 Å². The lowest BCUT2D eigenvalue weighted by Crippen LogP contribution is -2.64. The van der Waals surface area contributed by atoms with Crippen LogP contribution in [0.5, 0.6) is 0 Å². The monoisotopic (exact) mass is 946 g/mol. The highest BCUT2D eigenvalue weighted by molar-refractivity contribution is 6.09. The van der Waals surface area contributed by atoms with Crippen LogP contribution in [0.25, 0.3) is 38.9 Å². The van der Waals surface area contributed by atoms with Gasteiger partial charge < -0.3 is 19.5 Å². The molecule has 1 saturated carbocycles. The molecule has 1 aromatic carbocycles. The second-order valence-electron chi connectivity index (χ2n) is 19.0. The third kappa shape index (κ3) is 8.00. The molecule has 21 heteroatoms. The number of aromatic nitrogens is 9. The van der Waals surface area contributed by atoms with Gasteiger partial charge in [0.25, 0.3) is 0 Å². The number of morpholine rings is 1. The highest BCUT2D eigenvalue weighted by Gasteiger charge is 2.39. The van der Waals surface area contributed by atoms with Gasteiger partial charge in [-0.05, 0) is 55.5 Å². The summed E-state index contributed by atoms with van der Waals surface area (Å²) < 4.78 is 27.2. The maximum atomic E-state index is 15.8. The normalized spacial score (nSPS) is 22.5. The summed E-state index contributed by atoms with van der Waals surface area (Å²) in [5.74, 6) is 0.508. The number of amides is 3. The second-order valence-corrected chi connectivity index (χ2v) is 19.0. The van der Waals surface area contributed by atoms with Crippen LogP contribution in [0.4, 0.5) is 26.5 Å². The molecule has 0 spiro atoms. The van der Waals surface area contributed by atoms with Gasteiger partial charge in [-0.25, -0.2) is 23.7 Å². The van der Waals surface area contributed by atoms with Gasteiger partial charge in [-0.15, -0.1) is 0 Å². The van der Waals surface area contributed by atoms with E-state index in [9.17, 15) is 19.6 Å². The van der Waals surface area contributed by atoms with Crippen molar-refractivity contribution in [1.82, 2.24) is 59.2 Å². The van der Waals surface area contributed by atoms with Crippen LogP contribution in [0.1, 0.15) is 49.3 Å². The Morgan fingerprint density at radius 1 is 0.857 bits per heavy atom. The average molecular weight is 947 g/mol. The number of ether oxygens (including phenoxy) is 1. The Balaban J connectivity index is 0.695. The van der Waals surface area contributed by atoms with Crippen LogP contribution in [0.3, 0.4) is 0 Å². The molecule has 3 amide bonds. The van der Waals surface area contributed by atoms with Crippen LogP contribution in [-0.4, -0.2) is 143 Å². The van der Waals surface area contributed by atoms with Crippen molar-refractivity contribution in [3.63, 3.8) is 0 Å². The zero-order valence-electron chi connectivity index (χ0n) is 38.6. The first-order valence-electron chi connectivity index (χ1n) is 24.0. The molecule has 10 heterocycles. The predicted octanol–water partition coefficient (Wildman–Crippen LogP) is 4.08. The van der Waals surface area contributed by atoms with E-state index in [0.29, 0.717) is 77.2 Å². The summed E-state index contributed by atoms with van der Waals surface area (Å²) in [5.41, 5.74) is 6.18. The molecule has 5 fully saturated rings. The van der Waals surface area contributed by atoms with Gasteiger partial charge in [0, 0.05) is 113 Å². The molecule has 12 rings (SSSR count). The standard InChI is InChI=1S/C49H51FN16O4/c1-59-41-17-42(39(50)16-38(41)48(58-59)63-11-10-45(68)57-49(63)69)61-14-12-60(13-15-61)34-4-6-35(7-5-34)65-24-33(22-54-65)40-27-66-47(32(18-51)21-55-66)46(56-40)31-3-8-43(52-20-31)62-25-36-28-70-29-37(26-62)64(36)23-30-2-9-44(67)53-19-30/h2-3,8-9,16-17,19-22,24,27,34-37H,4-7,10-15,23,25-26,28-29H2,1H3,(H,53,67)(H,57,68,69)/t34-,35+,36-,37+. The Morgan fingerprint density at radius 3 is 2.39 bits per heavy atom. The Labute approximate surface area is 400 Å². The number of nitrogens with one attached hydrogen (secondary N) is 2. The Bertz CT molecular complexity index is 3220. The number of carbonyl (C=O) groups excluding carboxylic acids is 2. The van der Waals surface area contributed by atoms with E-state index in [1.807, 2.05) is 42.9 Å². The third-order valence-electron chi connectivity index (χ3n) is 14.9. The van der Waals surface area contributed by atoms with E-state index in [-0.39, 0.29) is 48.4 Å². The van der Waals surface area contributed by atoms with Crippen LogP contribution in [0.2, 0.25) is 0 Å². The number of aromatic amines is 1. The quantitative estimate of drug-likeness (QED) is 0.209. The number of H-pyrrole nitrogens is 1. The maximum Gasteiger partial charge on any atom is 0.329 e. The molecule has 1 aliphatic carbocycles. The lowest BCUT2D eigenvalue weighted by molar-refractivity contribution is -0.120. The smallest absolute Gasteiger partial charge is 0.329 e. The minimum Gasteiger partial charge on any atom is -0.378 e. The van der Waals surface area contributed by atoms with E-state index in [1.165, 1.54) is 11.0 Å². The molecule has 5 aliphatic rings. The topological polar surface area (TPSA) is 207 Å². The number of anilines is 3. The van der Waals surface area contributed by atoms with Gasteiger partial charge in [-0.3, -0.25) is 39.0 Å². The van der Waals surface area contributed by atoms with Crippen LogP contribution in [-0.2, 0) is 23.1 Å². The molecule has 7 aromatic rings. The molecule has 358 valence electrons. The van der Waals surface area contributed by atoms with Crippen LogP contribution in [0, 0.1) is 17.1 Å². The van der Waals surface area contributed by atoms with Gasteiger partial charge >= 0.3 is 6.03 Å². The minimum absolute atomic E-state index is 0.109. The summed E-state index contributed by atoms with van der Waals surface area (Å²) in [6, 6.07) is 13.5. The molecule has 0 unspecified atom stereocenters. The number of imide groups is 1. The fourth-order valence-electron chi connectivity index (χ4n) is 11.2. The van der Waals surface area contributed by atoms with E-state index < -0.39 is 6.03 Å². The van der Waals surface area contributed by atoms with Crippen molar-refractivity contribution in [1.29, 1.82) is 5.26 Å². The SMILES string of the molecule is Cn1nc(N2CCC(=O)NC2=O)c2cc(F)c(N3CCN([C@H]4CC[C@@H](n5cc(-c6cn7ncc(C#N)c7c(-c7ccc(N8C[C@H]9COC[C@@H](C8)N9Cc8ccc(=O)[nH]c8)nc7)n6)cn5)CC4)CC3)cc21. The molecule has 4 saturated heterocycles. The lowest BCUT2D eigenvalue weighted by Gasteiger charge is -2.50. The molecule has 4 aliphatic heterocycles. The number of hydrogen-bond donors (Lipinski definition) is 2. The number of halogens is 1. The number of fused-ring (bicyclic) bond motifs is 4. The van der Waals surface area contributed by atoms with Gasteiger partial charge in [0.15, 0.2) is 5.82 Å².